The molecule has 3 unspecified atom stereocenters. The van der Waals surface area contributed by atoms with Crippen LogP contribution >= 0.6 is 7.82 Å². The molecule has 0 saturated carbocycles. The lowest BCUT2D eigenvalue weighted by Crippen LogP contribution is -2.30. The molecular formula is C60H105O11P. The normalized spacial score (nSPS) is 13.9. The highest BCUT2D eigenvalue weighted by Crippen LogP contribution is 2.43. The van der Waals surface area contributed by atoms with Gasteiger partial charge in [-0.25, -0.2) is 4.57 Å². The van der Waals surface area contributed by atoms with Crippen molar-refractivity contribution in [3.8, 4) is 0 Å². The van der Waals surface area contributed by atoms with E-state index >= 15 is 0 Å². The van der Waals surface area contributed by atoms with Crippen LogP contribution in [-0.2, 0) is 42.2 Å². The molecule has 416 valence electrons. The molecule has 0 aliphatic carbocycles. The van der Waals surface area contributed by atoms with Gasteiger partial charge in [0.2, 0.25) is 0 Å². The van der Waals surface area contributed by atoms with Crippen LogP contribution in [0.25, 0.3) is 0 Å². The maximum atomic E-state index is 12.9. The maximum Gasteiger partial charge on any atom is 0.472 e. The number of ether oxygens (including phenoxy) is 3. The zero-order valence-corrected chi connectivity index (χ0v) is 46.8. The fourth-order valence-electron chi connectivity index (χ4n) is 7.69. The molecule has 0 bridgehead atoms. The minimum absolute atomic E-state index is 0.154. The summed E-state index contributed by atoms with van der Waals surface area (Å²) in [4.78, 5) is 48.5. The monoisotopic (exact) mass is 1030 g/mol. The highest BCUT2D eigenvalue weighted by Gasteiger charge is 2.28. The minimum Gasteiger partial charge on any atom is -0.462 e. The molecule has 0 heterocycles. The van der Waals surface area contributed by atoms with Crippen molar-refractivity contribution in [2.24, 2.45) is 0 Å². The van der Waals surface area contributed by atoms with Crippen LogP contribution in [0.5, 0.6) is 0 Å². The number of hydrogen-bond donors (Lipinski definition) is 2. The average molecular weight is 1030 g/mol. The molecule has 3 atom stereocenters. The minimum atomic E-state index is -4.76. The van der Waals surface area contributed by atoms with E-state index in [1.165, 1.54) is 64.2 Å². The molecule has 72 heavy (non-hydrogen) atoms. The Balaban J connectivity index is 4.75. The molecule has 2 N–H and O–H groups in total. The molecule has 0 amide bonds. The second kappa shape index (κ2) is 54.2. The zero-order valence-electron chi connectivity index (χ0n) is 45.9. The molecule has 0 aliphatic rings. The summed E-state index contributed by atoms with van der Waals surface area (Å²) in [6, 6.07) is 0. The SMILES string of the molecule is CC/C=C\C/C=C\C/C=C\CCCCCCCC(=O)OC(CO)COP(=O)(O)OCC(COC(=O)CCCCCCC/C=C\CCCCCC)OC(=O)CCCCCCCCC/C=C\C/C=C\CCCCC. The first kappa shape index (κ1) is 68.9. The highest BCUT2D eigenvalue weighted by molar-refractivity contribution is 7.47. The van der Waals surface area contributed by atoms with E-state index in [1.807, 2.05) is 0 Å². The third kappa shape index (κ3) is 51.8. The first-order chi connectivity index (χ1) is 35.2. The quantitative estimate of drug-likeness (QED) is 0.0197. The smallest absolute Gasteiger partial charge is 0.462 e. The first-order valence-electron chi connectivity index (χ1n) is 28.8. The summed E-state index contributed by atoms with van der Waals surface area (Å²) in [5.74, 6) is -1.50. The lowest BCUT2D eigenvalue weighted by atomic mass is 10.1. The molecule has 0 aromatic rings. The van der Waals surface area contributed by atoms with Crippen LogP contribution in [-0.4, -0.2) is 66.5 Å². The molecule has 0 radical (unpaired) electrons. The summed E-state index contributed by atoms with van der Waals surface area (Å²) in [5, 5.41) is 9.81. The Morgan fingerprint density at radius 2 is 0.722 bits per heavy atom. The van der Waals surface area contributed by atoms with Gasteiger partial charge < -0.3 is 24.2 Å². The average Bonchev–Trinajstić information content (AvgIpc) is 3.37. The third-order valence-corrected chi connectivity index (χ3v) is 13.0. The number of hydrogen-bond acceptors (Lipinski definition) is 10. The number of esters is 3. The Hall–Kier alpha value is -3.08. The van der Waals surface area contributed by atoms with Gasteiger partial charge in [0.15, 0.2) is 6.10 Å². The van der Waals surface area contributed by atoms with Gasteiger partial charge in [-0.3, -0.25) is 23.4 Å². The molecule has 0 rings (SSSR count). The van der Waals surface area contributed by atoms with Gasteiger partial charge >= 0.3 is 25.7 Å². The van der Waals surface area contributed by atoms with Gasteiger partial charge in [0.05, 0.1) is 19.8 Å². The number of aliphatic hydroxyl groups is 1. The van der Waals surface area contributed by atoms with E-state index in [2.05, 4.69) is 93.7 Å². The lowest BCUT2D eigenvalue weighted by Gasteiger charge is -2.21. The molecule has 0 fully saturated rings. The number of carbonyl (C=O) groups is 3. The number of unbranched alkanes of at least 4 members (excludes halogenated alkanes) is 24. The predicted octanol–water partition coefficient (Wildman–Crippen LogP) is 16.9. The van der Waals surface area contributed by atoms with Crippen LogP contribution < -0.4 is 0 Å². The molecule has 0 saturated heterocycles. The summed E-state index contributed by atoms with van der Waals surface area (Å²) in [6.45, 7) is 4.46. The van der Waals surface area contributed by atoms with E-state index in [0.717, 1.165) is 128 Å². The maximum absolute atomic E-state index is 12.9. The first-order valence-corrected chi connectivity index (χ1v) is 30.3. The Morgan fingerprint density at radius 1 is 0.403 bits per heavy atom. The summed E-state index contributed by atoms with van der Waals surface area (Å²) in [6.07, 6.45) is 60.0. The third-order valence-electron chi connectivity index (χ3n) is 12.1. The van der Waals surface area contributed by atoms with Crippen molar-refractivity contribution >= 4 is 25.7 Å². The molecule has 12 heteroatoms. The molecule has 11 nitrogen and oxygen atoms in total. The van der Waals surface area contributed by atoms with E-state index in [4.69, 9.17) is 23.3 Å². The topological polar surface area (TPSA) is 155 Å². The van der Waals surface area contributed by atoms with E-state index < -0.39 is 57.8 Å². The summed E-state index contributed by atoms with van der Waals surface area (Å²) < 4.78 is 39.5. The number of rotatable bonds is 53. The van der Waals surface area contributed by atoms with Gasteiger partial charge in [0.1, 0.15) is 12.7 Å². The summed E-state index contributed by atoms with van der Waals surface area (Å²) in [7, 11) is -4.76. The van der Waals surface area contributed by atoms with Crippen LogP contribution in [0, 0.1) is 0 Å². The molecule has 0 spiro atoms. The van der Waals surface area contributed by atoms with Crippen molar-refractivity contribution in [2.45, 2.75) is 264 Å². The summed E-state index contributed by atoms with van der Waals surface area (Å²) in [5.41, 5.74) is 0. The zero-order chi connectivity index (χ0) is 52.7. The number of carbonyl (C=O) groups excluding carboxylic acids is 3. The Bertz CT molecular complexity index is 1490. The van der Waals surface area contributed by atoms with E-state index in [9.17, 15) is 28.9 Å². The standard InChI is InChI=1S/C60H105O11P/c1-4-7-10-13-16-19-22-25-27-28-30-33-36-39-42-45-48-51-60(64)71-57(53-67-58(62)49-46-43-40-37-34-31-24-21-18-15-12-9-6-3)55-69-72(65,66)68-54-56(52-61)70-59(63)50-47-44-41-38-35-32-29-26-23-20-17-14-11-8-5-2/h8,11,16-17,19-21,24-27,29,56-57,61H,4-7,9-10,12-15,18,22-23,28,30-55H2,1-3H3,(H,65,66)/b11-8-,19-16-,20-17-,24-21-,27-25-,29-26-. The molecule has 0 aromatic carbocycles. The molecule has 0 aromatic heterocycles. The highest BCUT2D eigenvalue weighted by atomic mass is 31.2. The van der Waals surface area contributed by atoms with Crippen molar-refractivity contribution in [1.82, 2.24) is 0 Å². The Kier molecular flexibility index (Phi) is 51.9. The molecular weight excluding hydrogens is 928 g/mol. The Morgan fingerprint density at radius 3 is 1.15 bits per heavy atom. The molecule has 0 aliphatic heterocycles. The second-order valence-corrected chi connectivity index (χ2v) is 20.5. The van der Waals surface area contributed by atoms with Crippen LogP contribution in [0.15, 0.2) is 72.9 Å². The largest absolute Gasteiger partial charge is 0.472 e. The van der Waals surface area contributed by atoms with Crippen LogP contribution in [0.3, 0.4) is 0 Å². The van der Waals surface area contributed by atoms with E-state index in [0.29, 0.717) is 19.3 Å². The fourth-order valence-corrected chi connectivity index (χ4v) is 8.47. The number of phosphoric acid groups is 1. The fraction of sp³-hybridized carbons (Fsp3) is 0.750. The van der Waals surface area contributed by atoms with Crippen LogP contribution in [0.1, 0.15) is 252 Å². The van der Waals surface area contributed by atoms with Gasteiger partial charge in [-0.2, -0.15) is 0 Å². The van der Waals surface area contributed by atoms with Gasteiger partial charge in [0, 0.05) is 19.3 Å². The Labute approximate surface area is 439 Å². The van der Waals surface area contributed by atoms with Gasteiger partial charge in [-0.1, -0.05) is 196 Å². The van der Waals surface area contributed by atoms with Crippen molar-refractivity contribution in [1.29, 1.82) is 0 Å². The predicted molar refractivity (Wildman–Crippen MR) is 298 cm³/mol. The van der Waals surface area contributed by atoms with Crippen molar-refractivity contribution in [3.05, 3.63) is 72.9 Å². The van der Waals surface area contributed by atoms with Gasteiger partial charge in [-0.05, 0) is 109 Å². The van der Waals surface area contributed by atoms with Crippen LogP contribution in [0.2, 0.25) is 0 Å². The summed E-state index contributed by atoms with van der Waals surface area (Å²) >= 11 is 0. The lowest BCUT2D eigenvalue weighted by molar-refractivity contribution is -0.161. The number of allylic oxidation sites excluding steroid dienone is 12. The van der Waals surface area contributed by atoms with Gasteiger partial charge in [-0.15, -0.1) is 0 Å². The van der Waals surface area contributed by atoms with E-state index in [-0.39, 0.29) is 25.9 Å². The van der Waals surface area contributed by atoms with Crippen molar-refractivity contribution < 1.29 is 52.2 Å². The second-order valence-electron chi connectivity index (χ2n) is 19.1. The number of phosphoric ester groups is 1. The van der Waals surface area contributed by atoms with Crippen LogP contribution in [0.4, 0.5) is 0 Å². The van der Waals surface area contributed by atoms with Crippen molar-refractivity contribution in [2.75, 3.05) is 26.4 Å². The number of aliphatic hydroxyl groups excluding tert-OH is 1. The van der Waals surface area contributed by atoms with Crippen molar-refractivity contribution in [3.63, 3.8) is 0 Å². The van der Waals surface area contributed by atoms with Gasteiger partial charge in [0.25, 0.3) is 0 Å². The van der Waals surface area contributed by atoms with E-state index in [1.54, 1.807) is 0 Å².